The summed E-state index contributed by atoms with van der Waals surface area (Å²) in [5.74, 6) is 1.33. The summed E-state index contributed by atoms with van der Waals surface area (Å²) in [7, 11) is 1.77. The van der Waals surface area contributed by atoms with Crippen LogP contribution in [-0.2, 0) is 13.0 Å². The molecule has 0 aliphatic heterocycles. The van der Waals surface area contributed by atoms with E-state index < -0.39 is 0 Å². The van der Waals surface area contributed by atoms with Crippen LogP contribution in [0.3, 0.4) is 0 Å². The highest BCUT2D eigenvalue weighted by Crippen LogP contribution is 2.16. The van der Waals surface area contributed by atoms with Gasteiger partial charge in [-0.3, -0.25) is 4.99 Å². The number of benzene rings is 1. The van der Waals surface area contributed by atoms with Gasteiger partial charge in [-0.2, -0.15) is 0 Å². The molecule has 24 heavy (non-hydrogen) atoms. The molecule has 1 atom stereocenters. The number of nitrogens with zero attached hydrogens (tertiary/aromatic N) is 2. The Kier molecular flexibility index (Phi) is 10.0. The maximum atomic E-state index is 4.82. The molecule has 0 fully saturated rings. The van der Waals surface area contributed by atoms with Gasteiger partial charge in [-0.15, -0.1) is 24.0 Å². The fraction of sp³-hybridized carbons (Fsp3) is 0.412. The Morgan fingerprint density at radius 3 is 2.79 bits per heavy atom. The van der Waals surface area contributed by atoms with Crippen LogP contribution in [0.4, 0.5) is 0 Å². The summed E-state index contributed by atoms with van der Waals surface area (Å²) in [6.45, 7) is 3.69. The Morgan fingerprint density at radius 2 is 2.17 bits per heavy atom. The molecule has 1 aromatic heterocycles. The van der Waals surface area contributed by atoms with E-state index in [1.807, 2.05) is 6.07 Å². The molecule has 132 valence electrons. The summed E-state index contributed by atoms with van der Waals surface area (Å²) >= 11 is 3.53. The zero-order chi connectivity index (χ0) is 16.5. The first-order valence-corrected chi connectivity index (χ1v) is 8.58. The molecule has 2 aromatic rings. The third kappa shape index (κ3) is 7.21. The first-order chi connectivity index (χ1) is 11.2. The van der Waals surface area contributed by atoms with E-state index in [0.29, 0.717) is 12.5 Å². The lowest BCUT2D eigenvalue weighted by molar-refractivity contribution is 0.410. The van der Waals surface area contributed by atoms with Gasteiger partial charge in [0.15, 0.2) is 5.96 Å². The molecule has 0 bridgehead atoms. The minimum Gasteiger partial charge on any atom is -0.364 e. The van der Waals surface area contributed by atoms with Gasteiger partial charge in [-0.25, -0.2) is 0 Å². The largest absolute Gasteiger partial charge is 0.364 e. The number of aromatic nitrogens is 1. The SMILES string of the molecule is CCC(CNC(=NC)NCc1ccon1)Cc1cccc(Br)c1.I. The number of rotatable bonds is 7. The lowest BCUT2D eigenvalue weighted by Crippen LogP contribution is -2.39. The minimum absolute atomic E-state index is 0. The van der Waals surface area contributed by atoms with Gasteiger partial charge in [-0.1, -0.05) is 46.6 Å². The Morgan fingerprint density at radius 1 is 1.33 bits per heavy atom. The zero-order valence-electron chi connectivity index (χ0n) is 14.0. The van der Waals surface area contributed by atoms with Crippen molar-refractivity contribution in [1.82, 2.24) is 15.8 Å². The van der Waals surface area contributed by atoms with Gasteiger partial charge in [0.2, 0.25) is 0 Å². The molecule has 1 aromatic carbocycles. The number of hydrogen-bond acceptors (Lipinski definition) is 3. The Hall–Kier alpha value is -1.09. The van der Waals surface area contributed by atoms with E-state index in [0.717, 1.165) is 35.5 Å². The lowest BCUT2D eigenvalue weighted by Gasteiger charge is -2.18. The van der Waals surface area contributed by atoms with E-state index >= 15 is 0 Å². The third-order valence-electron chi connectivity index (χ3n) is 3.70. The molecular formula is C17H24BrIN4O. The smallest absolute Gasteiger partial charge is 0.191 e. The molecule has 0 saturated heterocycles. The molecule has 0 aliphatic carbocycles. The van der Waals surface area contributed by atoms with Crippen LogP contribution in [0.15, 0.2) is 50.6 Å². The fourth-order valence-corrected chi connectivity index (χ4v) is 2.77. The zero-order valence-corrected chi connectivity index (χ0v) is 17.9. The van der Waals surface area contributed by atoms with Crippen molar-refractivity contribution in [1.29, 1.82) is 0 Å². The summed E-state index contributed by atoms with van der Waals surface area (Å²) in [5.41, 5.74) is 2.20. The molecule has 2 N–H and O–H groups in total. The third-order valence-corrected chi connectivity index (χ3v) is 4.19. The normalized spacial score (nSPS) is 12.4. The van der Waals surface area contributed by atoms with Crippen LogP contribution < -0.4 is 10.6 Å². The summed E-state index contributed by atoms with van der Waals surface area (Å²) in [6, 6.07) is 10.3. The average Bonchev–Trinajstić information content (AvgIpc) is 3.07. The molecule has 0 radical (unpaired) electrons. The number of aliphatic imine (C=N–C) groups is 1. The second-order valence-electron chi connectivity index (χ2n) is 5.41. The molecule has 0 amide bonds. The standard InChI is InChI=1S/C17H23BrN4O.HI/c1-3-13(9-14-5-4-6-15(18)10-14)11-20-17(19-2)21-12-16-7-8-23-22-16;/h4-8,10,13H,3,9,11-12H2,1-2H3,(H2,19,20,21);1H. The molecule has 0 saturated carbocycles. The van der Waals surface area contributed by atoms with Crippen LogP contribution in [0.1, 0.15) is 24.6 Å². The number of guanidine groups is 1. The summed E-state index contributed by atoms with van der Waals surface area (Å²) < 4.78 is 5.95. The molecule has 0 aliphatic rings. The molecule has 5 nitrogen and oxygen atoms in total. The van der Waals surface area contributed by atoms with Gasteiger partial charge >= 0.3 is 0 Å². The van der Waals surface area contributed by atoms with Crippen molar-refractivity contribution in [3.8, 4) is 0 Å². The van der Waals surface area contributed by atoms with Gasteiger partial charge < -0.3 is 15.2 Å². The van der Waals surface area contributed by atoms with Crippen molar-refractivity contribution in [2.24, 2.45) is 10.9 Å². The molecule has 1 heterocycles. The van der Waals surface area contributed by atoms with Crippen molar-refractivity contribution >= 4 is 45.9 Å². The van der Waals surface area contributed by atoms with Crippen LogP contribution in [0.25, 0.3) is 0 Å². The van der Waals surface area contributed by atoms with Crippen molar-refractivity contribution in [2.45, 2.75) is 26.3 Å². The first kappa shape index (κ1) is 21.0. The fourth-order valence-electron chi connectivity index (χ4n) is 2.32. The van der Waals surface area contributed by atoms with Crippen molar-refractivity contribution in [3.63, 3.8) is 0 Å². The van der Waals surface area contributed by atoms with E-state index in [9.17, 15) is 0 Å². The maximum absolute atomic E-state index is 4.82. The second-order valence-corrected chi connectivity index (χ2v) is 6.32. The predicted molar refractivity (Wildman–Crippen MR) is 112 cm³/mol. The predicted octanol–water partition coefficient (Wildman–Crippen LogP) is 3.99. The van der Waals surface area contributed by atoms with Gasteiger partial charge in [0.05, 0.1) is 6.54 Å². The van der Waals surface area contributed by atoms with Crippen molar-refractivity contribution < 1.29 is 4.52 Å². The van der Waals surface area contributed by atoms with Crippen LogP contribution in [-0.4, -0.2) is 24.7 Å². The van der Waals surface area contributed by atoms with Gasteiger partial charge in [0.25, 0.3) is 0 Å². The molecule has 1 unspecified atom stereocenters. The van der Waals surface area contributed by atoms with Crippen LogP contribution >= 0.6 is 39.9 Å². The average molecular weight is 507 g/mol. The van der Waals surface area contributed by atoms with Crippen LogP contribution in [0.5, 0.6) is 0 Å². The highest BCUT2D eigenvalue weighted by atomic mass is 127. The van der Waals surface area contributed by atoms with Crippen molar-refractivity contribution in [2.75, 3.05) is 13.6 Å². The van der Waals surface area contributed by atoms with E-state index in [2.05, 4.69) is 67.9 Å². The van der Waals surface area contributed by atoms with Gasteiger partial charge in [0, 0.05) is 24.1 Å². The molecule has 2 rings (SSSR count). The number of halogens is 2. The second kappa shape index (κ2) is 11.5. The Bertz CT molecular complexity index is 619. The lowest BCUT2D eigenvalue weighted by atomic mass is 9.97. The Labute approximate surface area is 168 Å². The maximum Gasteiger partial charge on any atom is 0.191 e. The number of nitrogens with one attached hydrogen (secondary N) is 2. The number of hydrogen-bond donors (Lipinski definition) is 2. The van der Waals surface area contributed by atoms with E-state index in [4.69, 9.17) is 4.52 Å². The van der Waals surface area contributed by atoms with Crippen LogP contribution in [0.2, 0.25) is 0 Å². The molecule has 0 spiro atoms. The summed E-state index contributed by atoms with van der Waals surface area (Å²) in [4.78, 5) is 4.24. The summed E-state index contributed by atoms with van der Waals surface area (Å²) in [5, 5.41) is 10.5. The monoisotopic (exact) mass is 506 g/mol. The topological polar surface area (TPSA) is 62.5 Å². The van der Waals surface area contributed by atoms with E-state index in [1.165, 1.54) is 5.56 Å². The highest BCUT2D eigenvalue weighted by Gasteiger charge is 2.09. The van der Waals surface area contributed by atoms with Crippen LogP contribution in [0, 0.1) is 5.92 Å². The quantitative estimate of drug-likeness (QED) is 0.338. The van der Waals surface area contributed by atoms with Crippen molar-refractivity contribution in [3.05, 3.63) is 52.3 Å². The first-order valence-electron chi connectivity index (χ1n) is 7.79. The molecular weight excluding hydrogens is 483 g/mol. The van der Waals surface area contributed by atoms with Gasteiger partial charge in [0.1, 0.15) is 12.0 Å². The minimum atomic E-state index is 0. The summed E-state index contributed by atoms with van der Waals surface area (Å²) in [6.07, 6.45) is 3.72. The van der Waals surface area contributed by atoms with E-state index in [-0.39, 0.29) is 24.0 Å². The molecule has 7 heteroatoms. The highest BCUT2D eigenvalue weighted by molar-refractivity contribution is 14.0. The Balaban J connectivity index is 0.00000288. The van der Waals surface area contributed by atoms with E-state index in [1.54, 1.807) is 13.3 Å². The van der Waals surface area contributed by atoms with Gasteiger partial charge in [-0.05, 0) is 30.0 Å².